The highest BCUT2D eigenvalue weighted by atomic mass is 15.3. The minimum Gasteiger partial charge on any atom is -0.350 e. The molecule has 3 aromatic heterocycles. The van der Waals surface area contributed by atoms with Crippen molar-refractivity contribution in [2.24, 2.45) is 5.73 Å². The molecule has 0 atom stereocenters. The Labute approximate surface area is 163 Å². The lowest BCUT2D eigenvalue weighted by Crippen LogP contribution is -2.43. The first-order valence-corrected chi connectivity index (χ1v) is 9.68. The summed E-state index contributed by atoms with van der Waals surface area (Å²) < 4.78 is 1.88. The molecule has 142 valence electrons. The first-order chi connectivity index (χ1) is 13.6. The summed E-state index contributed by atoms with van der Waals surface area (Å²) in [4.78, 5) is 13.3. The minimum atomic E-state index is -0.0391. The summed E-state index contributed by atoms with van der Waals surface area (Å²) in [7, 11) is 0. The molecule has 1 aliphatic carbocycles. The van der Waals surface area contributed by atoms with Gasteiger partial charge in [-0.2, -0.15) is 0 Å². The van der Waals surface area contributed by atoms with Crippen LogP contribution < -0.4 is 11.1 Å². The molecule has 0 saturated heterocycles. The summed E-state index contributed by atoms with van der Waals surface area (Å²) in [6, 6.07) is 8.54. The van der Waals surface area contributed by atoms with Gasteiger partial charge in [-0.05, 0) is 56.4 Å². The van der Waals surface area contributed by atoms with Crippen molar-refractivity contribution in [3.63, 3.8) is 0 Å². The minimum absolute atomic E-state index is 0.0391. The van der Waals surface area contributed by atoms with Crippen LogP contribution >= 0.6 is 0 Å². The largest absolute Gasteiger partial charge is 0.350 e. The third kappa shape index (κ3) is 3.18. The van der Waals surface area contributed by atoms with E-state index in [4.69, 9.17) is 5.73 Å². The Hall–Kier alpha value is -3.06. The Morgan fingerprint density at radius 1 is 1.07 bits per heavy atom. The lowest BCUT2D eigenvalue weighted by atomic mass is 9.82. The standard InChI is InChI=1S/C21H23N7/c1-21(22)7-4-15(5-8-21)26-20-25-13-19-16(6-11-28(19)27-20)14-2-3-17-18(12-14)24-10-9-23-17/h2-3,6,9-13,15H,4-5,7-8,22H2,1H3,(H,26,27). The molecule has 1 aromatic carbocycles. The first kappa shape index (κ1) is 17.1. The van der Waals surface area contributed by atoms with Crippen molar-refractivity contribution < 1.29 is 0 Å². The second kappa shape index (κ2) is 6.53. The van der Waals surface area contributed by atoms with Crippen LogP contribution in [0.3, 0.4) is 0 Å². The van der Waals surface area contributed by atoms with Crippen LogP contribution in [0.15, 0.2) is 49.1 Å². The zero-order valence-electron chi connectivity index (χ0n) is 15.8. The van der Waals surface area contributed by atoms with Crippen molar-refractivity contribution >= 4 is 22.5 Å². The normalized spacial score (nSPS) is 22.6. The number of rotatable bonds is 3. The molecule has 3 heterocycles. The van der Waals surface area contributed by atoms with Crippen LogP contribution in [0.5, 0.6) is 0 Å². The summed E-state index contributed by atoms with van der Waals surface area (Å²) in [5.74, 6) is 0.657. The first-order valence-electron chi connectivity index (χ1n) is 9.68. The number of nitrogens with one attached hydrogen (secondary N) is 1. The van der Waals surface area contributed by atoms with Crippen molar-refractivity contribution in [1.29, 1.82) is 0 Å². The van der Waals surface area contributed by atoms with Crippen LogP contribution in [0.2, 0.25) is 0 Å². The topological polar surface area (TPSA) is 94.0 Å². The third-order valence-corrected chi connectivity index (χ3v) is 5.66. The van der Waals surface area contributed by atoms with Gasteiger partial charge in [0, 0.05) is 35.7 Å². The number of nitrogens with two attached hydrogens (primary N) is 1. The maximum atomic E-state index is 6.23. The van der Waals surface area contributed by atoms with Crippen LogP contribution in [-0.4, -0.2) is 36.1 Å². The van der Waals surface area contributed by atoms with Gasteiger partial charge in [0.2, 0.25) is 5.95 Å². The molecule has 1 fully saturated rings. The average molecular weight is 373 g/mol. The van der Waals surface area contributed by atoms with Crippen LogP contribution in [0, 0.1) is 0 Å². The summed E-state index contributed by atoms with van der Waals surface area (Å²) in [6.45, 7) is 2.13. The van der Waals surface area contributed by atoms with Gasteiger partial charge in [-0.1, -0.05) is 6.07 Å². The maximum absolute atomic E-state index is 6.23. The molecule has 0 aliphatic heterocycles. The molecule has 7 nitrogen and oxygen atoms in total. The van der Waals surface area contributed by atoms with Gasteiger partial charge >= 0.3 is 0 Å². The van der Waals surface area contributed by atoms with Crippen molar-refractivity contribution in [2.45, 2.75) is 44.2 Å². The Balaban J connectivity index is 1.41. The van der Waals surface area contributed by atoms with Crippen LogP contribution in [-0.2, 0) is 0 Å². The average Bonchev–Trinajstić information content (AvgIpc) is 3.12. The van der Waals surface area contributed by atoms with Crippen LogP contribution in [0.1, 0.15) is 32.6 Å². The SMILES string of the molecule is CC1(N)CCC(Nc2ncc3c(-c4ccc5nccnc5c4)ccn3n2)CC1. The predicted octanol–water partition coefficient (Wildman–Crippen LogP) is 3.41. The van der Waals surface area contributed by atoms with Gasteiger partial charge in [-0.3, -0.25) is 9.97 Å². The molecule has 0 amide bonds. The molecule has 28 heavy (non-hydrogen) atoms. The van der Waals surface area contributed by atoms with Crippen molar-refractivity contribution in [2.75, 3.05) is 5.32 Å². The van der Waals surface area contributed by atoms with Gasteiger partial charge in [0.25, 0.3) is 0 Å². The van der Waals surface area contributed by atoms with E-state index in [9.17, 15) is 0 Å². The molecule has 1 saturated carbocycles. The van der Waals surface area contributed by atoms with E-state index >= 15 is 0 Å². The van der Waals surface area contributed by atoms with E-state index in [2.05, 4.69) is 50.5 Å². The number of hydrogen-bond acceptors (Lipinski definition) is 6. The summed E-state index contributed by atoms with van der Waals surface area (Å²) in [5.41, 5.74) is 11.1. The molecule has 1 aliphatic rings. The van der Waals surface area contributed by atoms with Gasteiger partial charge in [-0.15, -0.1) is 5.10 Å². The second-order valence-electron chi connectivity index (χ2n) is 7.97. The van der Waals surface area contributed by atoms with Crippen LogP contribution in [0.4, 0.5) is 5.95 Å². The van der Waals surface area contributed by atoms with E-state index in [0.717, 1.165) is 53.4 Å². The van der Waals surface area contributed by atoms with E-state index in [1.807, 2.05) is 23.0 Å². The van der Waals surface area contributed by atoms with E-state index in [1.54, 1.807) is 12.4 Å². The van der Waals surface area contributed by atoms with E-state index in [0.29, 0.717) is 12.0 Å². The molecule has 0 bridgehead atoms. The van der Waals surface area contributed by atoms with E-state index in [-0.39, 0.29) is 5.54 Å². The number of fused-ring (bicyclic) bond motifs is 2. The quantitative estimate of drug-likeness (QED) is 0.571. The molecular formula is C21H23N7. The van der Waals surface area contributed by atoms with Gasteiger partial charge < -0.3 is 11.1 Å². The Kier molecular flexibility index (Phi) is 3.98. The fourth-order valence-corrected chi connectivity index (χ4v) is 3.95. The molecule has 0 spiro atoms. The van der Waals surface area contributed by atoms with Crippen molar-refractivity contribution in [3.8, 4) is 11.1 Å². The zero-order valence-corrected chi connectivity index (χ0v) is 15.8. The second-order valence-corrected chi connectivity index (χ2v) is 7.97. The molecule has 7 heteroatoms. The highest BCUT2D eigenvalue weighted by molar-refractivity contribution is 5.86. The predicted molar refractivity (Wildman–Crippen MR) is 110 cm³/mol. The number of benzene rings is 1. The van der Waals surface area contributed by atoms with Gasteiger partial charge in [-0.25, -0.2) is 9.50 Å². The molecular weight excluding hydrogens is 350 g/mol. The van der Waals surface area contributed by atoms with Crippen molar-refractivity contribution in [3.05, 3.63) is 49.1 Å². The summed E-state index contributed by atoms with van der Waals surface area (Å²) in [6.07, 6.45) is 11.4. The number of aromatic nitrogens is 5. The van der Waals surface area contributed by atoms with Crippen molar-refractivity contribution in [1.82, 2.24) is 24.6 Å². The van der Waals surface area contributed by atoms with Gasteiger partial charge in [0.15, 0.2) is 0 Å². The molecule has 4 aromatic rings. The van der Waals surface area contributed by atoms with Gasteiger partial charge in [0.05, 0.1) is 22.7 Å². The number of nitrogens with zero attached hydrogens (tertiary/aromatic N) is 5. The number of anilines is 1. The Bertz CT molecular complexity index is 1140. The Morgan fingerprint density at radius 2 is 1.86 bits per heavy atom. The number of hydrogen-bond donors (Lipinski definition) is 2. The monoisotopic (exact) mass is 373 g/mol. The van der Waals surface area contributed by atoms with Crippen LogP contribution in [0.25, 0.3) is 27.7 Å². The molecule has 0 unspecified atom stereocenters. The van der Waals surface area contributed by atoms with Gasteiger partial charge in [0.1, 0.15) is 0 Å². The summed E-state index contributed by atoms with van der Waals surface area (Å²) >= 11 is 0. The van der Waals surface area contributed by atoms with E-state index < -0.39 is 0 Å². The smallest absolute Gasteiger partial charge is 0.241 e. The highest BCUT2D eigenvalue weighted by Gasteiger charge is 2.27. The lowest BCUT2D eigenvalue weighted by Gasteiger charge is -2.34. The third-order valence-electron chi connectivity index (χ3n) is 5.66. The fraction of sp³-hybridized carbons (Fsp3) is 0.333. The lowest BCUT2D eigenvalue weighted by molar-refractivity contribution is 0.305. The highest BCUT2D eigenvalue weighted by Crippen LogP contribution is 2.29. The van der Waals surface area contributed by atoms with E-state index in [1.165, 1.54) is 0 Å². The molecule has 0 radical (unpaired) electrons. The summed E-state index contributed by atoms with van der Waals surface area (Å²) in [5, 5.41) is 8.12. The fourth-order valence-electron chi connectivity index (χ4n) is 3.95. The zero-order chi connectivity index (χ0) is 19.1. The Morgan fingerprint density at radius 3 is 2.68 bits per heavy atom. The molecule has 5 rings (SSSR count). The molecule has 3 N–H and O–H groups in total. The maximum Gasteiger partial charge on any atom is 0.241 e.